The summed E-state index contributed by atoms with van der Waals surface area (Å²) in [6, 6.07) is 21.3. The van der Waals surface area contributed by atoms with E-state index in [2.05, 4.69) is 0 Å². The molecule has 0 aliphatic carbocycles. The zero-order valence-electron chi connectivity index (χ0n) is 22.5. The number of hydrogen-bond acceptors (Lipinski definition) is 4. The van der Waals surface area contributed by atoms with Crippen LogP contribution in [0.4, 0.5) is 8.78 Å². The minimum atomic E-state index is -1.01. The highest BCUT2D eigenvalue weighted by Crippen LogP contribution is 2.29. The molecule has 1 aromatic heterocycles. The molecule has 9 heteroatoms. The first kappa shape index (κ1) is 27.9. The Morgan fingerprint density at radius 3 is 2.69 bits per heavy atom. The lowest BCUT2D eigenvalue weighted by Gasteiger charge is -2.15. The minimum absolute atomic E-state index is 0.00866. The van der Waals surface area contributed by atoms with Gasteiger partial charge in [-0.15, -0.1) is 0 Å². The van der Waals surface area contributed by atoms with Crippen LogP contribution in [0.5, 0.6) is 5.75 Å². The number of ether oxygens (including phenoxy) is 2. The number of carboxylic acids is 1. The third-order valence-electron chi connectivity index (χ3n) is 7.43. The Labute approximate surface area is 246 Å². The van der Waals surface area contributed by atoms with Crippen LogP contribution in [0.2, 0.25) is 5.02 Å². The van der Waals surface area contributed by atoms with Crippen LogP contribution >= 0.6 is 11.6 Å². The van der Waals surface area contributed by atoms with E-state index in [9.17, 15) is 14.3 Å². The van der Waals surface area contributed by atoms with Gasteiger partial charge in [-0.3, -0.25) is 0 Å². The molecule has 0 bridgehead atoms. The van der Waals surface area contributed by atoms with E-state index in [0.717, 1.165) is 18.4 Å². The number of nitrogens with zero attached hydrogens (tertiary/aromatic N) is 2. The Balaban J connectivity index is 1.24. The average molecular weight is 589 g/mol. The molecule has 1 N–H and O–H groups in total. The fourth-order valence-corrected chi connectivity index (χ4v) is 5.43. The summed E-state index contributed by atoms with van der Waals surface area (Å²) in [6.07, 6.45) is 2.26. The van der Waals surface area contributed by atoms with E-state index in [1.165, 1.54) is 18.2 Å². The van der Waals surface area contributed by atoms with Gasteiger partial charge >= 0.3 is 5.97 Å². The van der Waals surface area contributed by atoms with Crippen molar-refractivity contribution in [3.05, 3.63) is 118 Å². The molecule has 5 aromatic rings. The van der Waals surface area contributed by atoms with Crippen molar-refractivity contribution >= 4 is 28.6 Å². The molecule has 4 aromatic carbocycles. The molecule has 1 aliphatic heterocycles. The number of carbonyl (C=O) groups is 1. The minimum Gasteiger partial charge on any atom is -0.489 e. The van der Waals surface area contributed by atoms with Gasteiger partial charge in [0.15, 0.2) is 0 Å². The maximum atomic E-state index is 15.5. The number of rotatable bonds is 9. The molecule has 214 valence electrons. The number of benzene rings is 4. The second-order valence-electron chi connectivity index (χ2n) is 10.3. The Morgan fingerprint density at radius 1 is 1.05 bits per heavy atom. The van der Waals surface area contributed by atoms with E-state index >= 15 is 4.39 Å². The lowest BCUT2D eigenvalue weighted by atomic mass is 10.0. The van der Waals surface area contributed by atoms with Gasteiger partial charge in [0.05, 0.1) is 29.2 Å². The summed E-state index contributed by atoms with van der Waals surface area (Å²) >= 11 is 5.82. The highest BCUT2D eigenvalue weighted by Gasteiger charge is 2.21. The molecule has 42 heavy (non-hydrogen) atoms. The van der Waals surface area contributed by atoms with Gasteiger partial charge in [-0.25, -0.2) is 18.6 Å². The lowest BCUT2D eigenvalue weighted by Crippen LogP contribution is -2.17. The summed E-state index contributed by atoms with van der Waals surface area (Å²) in [5, 5.41) is 9.82. The van der Waals surface area contributed by atoms with E-state index in [4.69, 9.17) is 26.1 Å². The first-order chi connectivity index (χ1) is 20.3. The maximum Gasteiger partial charge on any atom is 0.335 e. The number of imidazole rings is 1. The fraction of sp³-hybridized carbons (Fsp3) is 0.212. The predicted octanol–water partition coefficient (Wildman–Crippen LogP) is 7.68. The van der Waals surface area contributed by atoms with Gasteiger partial charge in [0.1, 0.15) is 29.8 Å². The number of hydrogen-bond donors (Lipinski definition) is 1. The summed E-state index contributed by atoms with van der Waals surface area (Å²) in [5.41, 5.74) is 3.70. The van der Waals surface area contributed by atoms with Gasteiger partial charge in [-0.1, -0.05) is 41.9 Å². The molecule has 2 heterocycles. The standard InChI is InChI=1S/C33H27ClF2N2O4/c34-24-9-7-23(28(35)17-24)19-42-25-4-1-3-21(15-25)27-10-6-20(13-29(27)36)14-32-37-30-11-8-22(33(39)40)16-31(30)38(32)18-26-5-2-12-41-26/h1,3-4,6-11,13,15-17,26H,2,5,12,14,18-19H2,(H,39,40)/t26-/m1/s1. The molecule has 1 atom stereocenters. The van der Waals surface area contributed by atoms with Crippen LogP contribution in [-0.4, -0.2) is 33.3 Å². The maximum absolute atomic E-state index is 15.5. The Morgan fingerprint density at radius 2 is 1.93 bits per heavy atom. The summed E-state index contributed by atoms with van der Waals surface area (Å²) in [5.74, 6) is -0.670. The first-order valence-corrected chi connectivity index (χ1v) is 14.0. The van der Waals surface area contributed by atoms with Crippen molar-refractivity contribution in [1.29, 1.82) is 0 Å². The third-order valence-corrected chi connectivity index (χ3v) is 7.67. The molecule has 6 nitrogen and oxygen atoms in total. The molecule has 6 rings (SSSR count). The number of aromatic nitrogens is 2. The van der Waals surface area contributed by atoms with Crippen LogP contribution in [0.3, 0.4) is 0 Å². The van der Waals surface area contributed by atoms with Gasteiger partial charge < -0.3 is 19.1 Å². The average Bonchev–Trinajstić information content (AvgIpc) is 3.61. The summed E-state index contributed by atoms with van der Waals surface area (Å²) < 4.78 is 43.2. The second kappa shape index (κ2) is 11.9. The molecule has 1 fully saturated rings. The van der Waals surface area contributed by atoms with Crippen LogP contribution in [-0.2, 0) is 24.3 Å². The van der Waals surface area contributed by atoms with E-state index in [0.29, 0.717) is 63.9 Å². The second-order valence-corrected chi connectivity index (χ2v) is 10.8. The highest BCUT2D eigenvalue weighted by atomic mass is 35.5. The van der Waals surface area contributed by atoms with Gasteiger partial charge in [0.2, 0.25) is 0 Å². The molecule has 1 aliphatic rings. The third kappa shape index (κ3) is 6.00. The van der Waals surface area contributed by atoms with Crippen molar-refractivity contribution in [2.75, 3.05) is 6.61 Å². The van der Waals surface area contributed by atoms with E-state index in [1.807, 2.05) is 10.6 Å². The molecular weight excluding hydrogens is 562 g/mol. The van der Waals surface area contributed by atoms with E-state index < -0.39 is 17.6 Å². The largest absolute Gasteiger partial charge is 0.489 e. The molecule has 0 saturated carbocycles. The smallest absolute Gasteiger partial charge is 0.335 e. The summed E-state index contributed by atoms with van der Waals surface area (Å²) in [7, 11) is 0. The summed E-state index contributed by atoms with van der Waals surface area (Å²) in [4.78, 5) is 16.4. The number of aromatic carboxylic acids is 1. The Bertz CT molecular complexity index is 1780. The van der Waals surface area contributed by atoms with Gasteiger partial charge in [-0.2, -0.15) is 0 Å². The molecule has 0 spiro atoms. The monoisotopic (exact) mass is 588 g/mol. The quantitative estimate of drug-likeness (QED) is 0.191. The molecule has 0 unspecified atom stereocenters. The number of carboxylic acid groups (broad SMARTS) is 1. The summed E-state index contributed by atoms with van der Waals surface area (Å²) in [6.45, 7) is 1.25. The van der Waals surface area contributed by atoms with Crippen LogP contribution in [0.25, 0.3) is 22.2 Å². The molecule has 1 saturated heterocycles. The van der Waals surface area contributed by atoms with Crippen molar-refractivity contribution in [1.82, 2.24) is 9.55 Å². The van der Waals surface area contributed by atoms with Crippen molar-refractivity contribution < 1.29 is 28.2 Å². The normalized spacial score (nSPS) is 14.9. The van der Waals surface area contributed by atoms with Gasteiger partial charge in [0, 0.05) is 29.2 Å². The molecule has 0 radical (unpaired) electrons. The Hall–Kier alpha value is -4.27. The van der Waals surface area contributed by atoms with Gasteiger partial charge in [-0.05, 0) is 72.5 Å². The van der Waals surface area contributed by atoms with Crippen LogP contribution in [0, 0.1) is 11.6 Å². The number of halogens is 3. The predicted molar refractivity (Wildman–Crippen MR) is 156 cm³/mol. The molecule has 0 amide bonds. The van der Waals surface area contributed by atoms with Crippen molar-refractivity contribution in [2.45, 2.75) is 38.5 Å². The molecular formula is C33H27ClF2N2O4. The topological polar surface area (TPSA) is 73.6 Å². The number of fused-ring (bicyclic) bond motifs is 1. The van der Waals surface area contributed by atoms with Crippen molar-refractivity contribution in [3.63, 3.8) is 0 Å². The zero-order valence-corrected chi connectivity index (χ0v) is 23.3. The Kier molecular flexibility index (Phi) is 7.91. The van der Waals surface area contributed by atoms with Crippen LogP contribution < -0.4 is 4.74 Å². The van der Waals surface area contributed by atoms with E-state index in [1.54, 1.807) is 54.6 Å². The van der Waals surface area contributed by atoms with Crippen molar-refractivity contribution in [3.8, 4) is 16.9 Å². The fourth-order valence-electron chi connectivity index (χ4n) is 5.27. The SMILES string of the molecule is O=C(O)c1ccc2nc(Cc3ccc(-c4cccc(OCc5ccc(Cl)cc5F)c4)c(F)c3)n(C[C@H]3CCCO3)c2c1. The van der Waals surface area contributed by atoms with Crippen LogP contribution in [0.15, 0.2) is 78.9 Å². The zero-order chi connectivity index (χ0) is 29.2. The van der Waals surface area contributed by atoms with Crippen LogP contribution in [0.1, 0.15) is 40.2 Å². The van der Waals surface area contributed by atoms with Crippen molar-refractivity contribution in [2.24, 2.45) is 0 Å². The van der Waals surface area contributed by atoms with E-state index in [-0.39, 0.29) is 18.3 Å². The highest BCUT2D eigenvalue weighted by molar-refractivity contribution is 6.30. The lowest BCUT2D eigenvalue weighted by molar-refractivity contribution is 0.0697. The first-order valence-electron chi connectivity index (χ1n) is 13.6. The van der Waals surface area contributed by atoms with Gasteiger partial charge in [0.25, 0.3) is 0 Å².